The summed E-state index contributed by atoms with van der Waals surface area (Å²) in [5, 5.41) is 0. The van der Waals surface area contributed by atoms with Gasteiger partial charge in [0.15, 0.2) is 0 Å². The fraction of sp³-hybridized carbons (Fsp3) is 1.00. The summed E-state index contributed by atoms with van der Waals surface area (Å²) in [5.74, 6) is 0. The summed E-state index contributed by atoms with van der Waals surface area (Å²) in [5.41, 5.74) is 0. The van der Waals surface area contributed by atoms with Crippen LogP contribution in [-0.4, -0.2) is 50.8 Å². The van der Waals surface area contributed by atoms with Crippen LogP contribution in [0, 0.1) is 0 Å². The summed E-state index contributed by atoms with van der Waals surface area (Å²) in [4.78, 5) is 0. The van der Waals surface area contributed by atoms with E-state index >= 15 is 0 Å². The molecule has 0 aromatic carbocycles. The molecule has 0 saturated heterocycles. The number of ether oxygens (including phenoxy) is 4. The lowest BCUT2D eigenvalue weighted by Gasteiger charge is -2.08. The van der Waals surface area contributed by atoms with Gasteiger partial charge in [0.05, 0.1) is 24.4 Å². The van der Waals surface area contributed by atoms with Gasteiger partial charge in [0, 0.05) is 26.4 Å². The minimum Gasteiger partial charge on any atom is -0.379 e. The molecule has 0 unspecified atom stereocenters. The van der Waals surface area contributed by atoms with Crippen LogP contribution in [0.5, 0.6) is 0 Å². The van der Waals surface area contributed by atoms with Crippen molar-refractivity contribution in [1.29, 1.82) is 0 Å². The van der Waals surface area contributed by atoms with Crippen LogP contribution in [0.1, 0.15) is 87.5 Å². The highest BCUT2D eigenvalue weighted by molar-refractivity contribution is 4.44. The Balaban J connectivity index is 0. The van der Waals surface area contributed by atoms with Crippen LogP contribution >= 0.6 is 0 Å². The molecule has 0 aromatic rings. The van der Waals surface area contributed by atoms with Crippen LogP contribution in [0.15, 0.2) is 0 Å². The second-order valence-corrected chi connectivity index (χ2v) is 7.45. The zero-order valence-electron chi connectivity index (χ0n) is 18.3. The lowest BCUT2D eigenvalue weighted by Crippen LogP contribution is -2.07. The Hall–Kier alpha value is -0.160. The van der Waals surface area contributed by atoms with Crippen molar-refractivity contribution in [2.75, 3.05) is 26.4 Å². The quantitative estimate of drug-likeness (QED) is 0.354. The summed E-state index contributed by atoms with van der Waals surface area (Å²) in [6.45, 7) is 20.0. The molecule has 0 aliphatic heterocycles. The topological polar surface area (TPSA) is 36.9 Å². The van der Waals surface area contributed by atoms with Crippen LogP contribution in [0.2, 0.25) is 0 Å². The van der Waals surface area contributed by atoms with Gasteiger partial charge in [-0.05, 0) is 87.5 Å². The molecule has 0 aromatic heterocycles. The van der Waals surface area contributed by atoms with Crippen LogP contribution in [0.25, 0.3) is 0 Å². The molecule has 0 aliphatic carbocycles. The van der Waals surface area contributed by atoms with E-state index < -0.39 is 0 Å². The maximum atomic E-state index is 5.43. The second-order valence-electron chi connectivity index (χ2n) is 7.45. The standard InChI is InChI=1S/C11H24O2.C10H22O2/c1-10(2)12-8-6-5-7-9-13-11(3)4;1-9(2)11-7-5-6-8-12-10(3)4/h10-11H,5-9H2,1-4H3;9-10H,5-8H2,1-4H3. The van der Waals surface area contributed by atoms with Gasteiger partial charge in [-0.1, -0.05) is 0 Å². The molecular formula is C21H46O4. The van der Waals surface area contributed by atoms with E-state index in [2.05, 4.69) is 55.4 Å². The molecule has 0 rings (SSSR count). The summed E-state index contributed by atoms with van der Waals surface area (Å²) < 4.78 is 21.6. The van der Waals surface area contributed by atoms with Crippen molar-refractivity contribution in [2.45, 2.75) is 112 Å². The number of rotatable bonds is 15. The lowest BCUT2D eigenvalue weighted by molar-refractivity contribution is 0.0522. The van der Waals surface area contributed by atoms with Gasteiger partial charge in [0.1, 0.15) is 0 Å². The maximum absolute atomic E-state index is 5.43. The number of hydrogen-bond acceptors (Lipinski definition) is 4. The lowest BCUT2D eigenvalue weighted by atomic mass is 10.2. The summed E-state index contributed by atoms with van der Waals surface area (Å²) in [6, 6.07) is 0. The molecule has 25 heavy (non-hydrogen) atoms. The SMILES string of the molecule is CC(C)OCCCCCOC(C)C.CC(C)OCCCCOC(C)C. The first kappa shape index (κ1) is 27.1. The van der Waals surface area contributed by atoms with Crippen molar-refractivity contribution in [1.82, 2.24) is 0 Å². The predicted molar refractivity (Wildman–Crippen MR) is 107 cm³/mol. The van der Waals surface area contributed by atoms with Crippen molar-refractivity contribution in [3.63, 3.8) is 0 Å². The highest BCUT2D eigenvalue weighted by Crippen LogP contribution is 2.00. The van der Waals surface area contributed by atoms with Crippen molar-refractivity contribution < 1.29 is 18.9 Å². The molecule has 0 fully saturated rings. The van der Waals surface area contributed by atoms with Gasteiger partial charge in [0.2, 0.25) is 0 Å². The first-order valence-corrected chi connectivity index (χ1v) is 10.2. The zero-order valence-corrected chi connectivity index (χ0v) is 18.3. The van der Waals surface area contributed by atoms with Crippen molar-refractivity contribution in [3.05, 3.63) is 0 Å². The maximum Gasteiger partial charge on any atom is 0.0518 e. The fourth-order valence-electron chi connectivity index (χ4n) is 1.86. The van der Waals surface area contributed by atoms with E-state index in [1.165, 1.54) is 6.42 Å². The van der Waals surface area contributed by atoms with Gasteiger partial charge < -0.3 is 18.9 Å². The molecule has 0 radical (unpaired) electrons. The third-order valence-corrected chi connectivity index (χ3v) is 3.13. The highest BCUT2D eigenvalue weighted by atomic mass is 16.5. The van der Waals surface area contributed by atoms with Gasteiger partial charge in [-0.15, -0.1) is 0 Å². The summed E-state index contributed by atoms with van der Waals surface area (Å²) in [7, 11) is 0. The Labute approximate surface area is 157 Å². The first-order valence-electron chi connectivity index (χ1n) is 10.2. The van der Waals surface area contributed by atoms with Crippen molar-refractivity contribution in [3.8, 4) is 0 Å². The Morgan fingerprint density at radius 3 is 0.760 bits per heavy atom. The van der Waals surface area contributed by atoms with Gasteiger partial charge >= 0.3 is 0 Å². The van der Waals surface area contributed by atoms with Crippen molar-refractivity contribution in [2.24, 2.45) is 0 Å². The molecular weight excluding hydrogens is 316 g/mol. The summed E-state index contributed by atoms with van der Waals surface area (Å²) >= 11 is 0. The average Bonchev–Trinajstić information content (AvgIpc) is 2.49. The molecule has 0 spiro atoms. The summed E-state index contributed by atoms with van der Waals surface area (Å²) in [6.07, 6.45) is 7.17. The monoisotopic (exact) mass is 362 g/mol. The normalized spacial score (nSPS) is 11.5. The molecule has 0 saturated carbocycles. The van der Waals surface area contributed by atoms with Crippen LogP contribution in [-0.2, 0) is 18.9 Å². The minimum atomic E-state index is 0.357. The molecule has 0 bridgehead atoms. The Bertz CT molecular complexity index is 216. The number of unbranched alkanes of at least 4 members (excludes halogenated alkanes) is 3. The molecule has 0 amide bonds. The van der Waals surface area contributed by atoms with Crippen LogP contribution in [0.4, 0.5) is 0 Å². The van der Waals surface area contributed by atoms with E-state index in [0.717, 1.165) is 52.1 Å². The number of hydrogen-bond donors (Lipinski definition) is 0. The van der Waals surface area contributed by atoms with Crippen molar-refractivity contribution >= 4 is 0 Å². The van der Waals surface area contributed by atoms with Gasteiger partial charge in [-0.25, -0.2) is 0 Å². The van der Waals surface area contributed by atoms with Gasteiger partial charge in [0.25, 0.3) is 0 Å². The van der Waals surface area contributed by atoms with E-state index in [0.29, 0.717) is 24.4 Å². The van der Waals surface area contributed by atoms with E-state index in [4.69, 9.17) is 18.9 Å². The van der Waals surface area contributed by atoms with Crippen LogP contribution in [0.3, 0.4) is 0 Å². The Morgan fingerprint density at radius 1 is 0.360 bits per heavy atom. The largest absolute Gasteiger partial charge is 0.379 e. The minimum absolute atomic E-state index is 0.357. The van der Waals surface area contributed by atoms with E-state index in [1.807, 2.05) is 0 Å². The average molecular weight is 363 g/mol. The zero-order chi connectivity index (χ0) is 19.5. The first-order chi connectivity index (χ1) is 11.8. The molecule has 154 valence electrons. The van der Waals surface area contributed by atoms with Gasteiger partial charge in [-0.2, -0.15) is 0 Å². The third-order valence-electron chi connectivity index (χ3n) is 3.13. The molecule has 4 heteroatoms. The van der Waals surface area contributed by atoms with E-state index in [-0.39, 0.29) is 0 Å². The molecule has 0 heterocycles. The molecule has 0 atom stereocenters. The van der Waals surface area contributed by atoms with E-state index in [9.17, 15) is 0 Å². The smallest absolute Gasteiger partial charge is 0.0518 e. The predicted octanol–water partition coefficient (Wildman–Crippen LogP) is 5.62. The Morgan fingerprint density at radius 2 is 0.560 bits per heavy atom. The highest BCUT2D eigenvalue weighted by Gasteiger charge is 1.96. The fourth-order valence-corrected chi connectivity index (χ4v) is 1.86. The van der Waals surface area contributed by atoms with Crippen LogP contribution < -0.4 is 0 Å². The molecule has 0 aliphatic rings. The molecule has 0 N–H and O–H groups in total. The van der Waals surface area contributed by atoms with Gasteiger partial charge in [-0.3, -0.25) is 0 Å². The Kier molecular flexibility index (Phi) is 21.8. The molecule has 4 nitrogen and oxygen atoms in total. The second kappa shape index (κ2) is 20.2. The third kappa shape index (κ3) is 32.0. The van der Waals surface area contributed by atoms with E-state index in [1.54, 1.807) is 0 Å².